The molecule has 5 rings (SSSR count). The Balaban J connectivity index is 2.05. The number of aryl methyl sites for hydroxylation is 4. The molecule has 3 N–H and O–H groups in total. The van der Waals surface area contributed by atoms with Gasteiger partial charge in [0.15, 0.2) is 15.2 Å². The van der Waals surface area contributed by atoms with Crippen LogP contribution in [0.5, 0.6) is 0 Å². The van der Waals surface area contributed by atoms with E-state index >= 15 is 33.7 Å². The molecule has 0 saturated carbocycles. The molecular weight excluding hydrogens is 745 g/mol. The number of benzene rings is 4. The number of nitrogens with zero attached hydrogens (tertiary/aromatic N) is 1. The summed E-state index contributed by atoms with van der Waals surface area (Å²) in [6.45, 7) is 6.48. The molecular formula is C36H44N4O8S4. The highest BCUT2D eigenvalue weighted by Crippen LogP contribution is 2.46. The lowest BCUT2D eigenvalue weighted by molar-refractivity contribution is 0.300. The maximum Gasteiger partial charge on any atom is 0.277 e. The Morgan fingerprint density at radius 3 is 1.25 bits per heavy atom. The molecule has 0 radical (unpaired) electrons. The van der Waals surface area contributed by atoms with Gasteiger partial charge in [-0.15, -0.1) is 0 Å². The predicted molar refractivity (Wildman–Crippen MR) is 200 cm³/mol. The highest BCUT2D eigenvalue weighted by Gasteiger charge is 2.71. The minimum absolute atomic E-state index is 0.0948. The van der Waals surface area contributed by atoms with E-state index in [0.29, 0.717) is 39.6 Å². The molecule has 12 nitrogen and oxygen atoms in total. The van der Waals surface area contributed by atoms with Crippen molar-refractivity contribution >= 4 is 39.5 Å². The normalized spacial score (nSPS) is 18.6. The quantitative estimate of drug-likeness (QED) is 0.239. The van der Waals surface area contributed by atoms with E-state index in [2.05, 4.69) is 16.0 Å². The average Bonchev–Trinajstić information content (AvgIpc) is 3.09. The van der Waals surface area contributed by atoms with Crippen molar-refractivity contribution in [2.24, 2.45) is 0 Å². The van der Waals surface area contributed by atoms with Crippen LogP contribution in [0.3, 0.4) is 0 Å². The second-order valence-corrected chi connectivity index (χ2v) is 21.2. The molecule has 0 aliphatic carbocycles. The zero-order chi connectivity index (χ0) is 38.0. The largest absolute Gasteiger partial charge is 0.314 e. The van der Waals surface area contributed by atoms with E-state index < -0.39 is 75.2 Å². The Morgan fingerprint density at radius 1 is 0.481 bits per heavy atom. The maximum atomic E-state index is 15.8. The lowest BCUT2D eigenvalue weighted by Gasteiger charge is -2.45. The molecule has 16 heteroatoms. The van der Waals surface area contributed by atoms with Crippen molar-refractivity contribution in [3.63, 3.8) is 0 Å². The van der Waals surface area contributed by atoms with Gasteiger partial charge in [0.05, 0.1) is 19.6 Å². The first kappa shape index (κ1) is 39.7. The second kappa shape index (κ2) is 15.5. The second-order valence-electron chi connectivity index (χ2n) is 12.8. The van der Waals surface area contributed by atoms with Gasteiger partial charge in [-0.05, 0) is 76.2 Å². The summed E-state index contributed by atoms with van der Waals surface area (Å²) in [4.78, 5) is -1.98. The zero-order valence-corrected chi connectivity index (χ0v) is 32.7. The summed E-state index contributed by atoms with van der Waals surface area (Å²) in [5, 5.41) is 6.38. The van der Waals surface area contributed by atoms with Crippen molar-refractivity contribution in [3.8, 4) is 0 Å². The summed E-state index contributed by atoms with van der Waals surface area (Å²) >= 11 is 0. The number of sulfone groups is 3. The van der Waals surface area contributed by atoms with Crippen LogP contribution in [0.4, 0.5) is 0 Å². The van der Waals surface area contributed by atoms with Gasteiger partial charge in [-0.1, -0.05) is 70.8 Å². The predicted octanol–water partition coefficient (Wildman–Crippen LogP) is 3.09. The number of rotatable bonds is 8. The van der Waals surface area contributed by atoms with E-state index in [1.165, 1.54) is 97.1 Å². The monoisotopic (exact) mass is 788 g/mol. The van der Waals surface area contributed by atoms with E-state index in [-0.39, 0.29) is 19.6 Å². The smallest absolute Gasteiger partial charge is 0.277 e. The van der Waals surface area contributed by atoms with Gasteiger partial charge >= 0.3 is 0 Å². The number of hydrogen-bond acceptors (Lipinski definition) is 11. The molecule has 1 saturated heterocycles. The molecule has 280 valence electrons. The lowest BCUT2D eigenvalue weighted by Crippen LogP contribution is -2.73. The first-order chi connectivity index (χ1) is 24.5. The van der Waals surface area contributed by atoms with E-state index in [1.807, 2.05) is 0 Å². The molecule has 52 heavy (non-hydrogen) atoms. The molecule has 0 aromatic heterocycles. The molecule has 1 atom stereocenters. The number of sulfonamides is 1. The number of nitrogens with one attached hydrogen (secondary N) is 3. The zero-order valence-electron chi connectivity index (χ0n) is 29.4. The highest BCUT2D eigenvalue weighted by atomic mass is 32.3. The Labute approximate surface area is 307 Å². The first-order valence-electron chi connectivity index (χ1n) is 16.6. The van der Waals surface area contributed by atoms with Crippen LogP contribution in [0, 0.1) is 27.7 Å². The summed E-state index contributed by atoms with van der Waals surface area (Å²) < 4.78 is 121. The van der Waals surface area contributed by atoms with Crippen LogP contribution >= 0.6 is 0 Å². The summed E-state index contributed by atoms with van der Waals surface area (Å²) in [6, 6.07) is 21.4. The van der Waals surface area contributed by atoms with Gasteiger partial charge < -0.3 is 10.6 Å². The van der Waals surface area contributed by atoms with Gasteiger partial charge in [0.25, 0.3) is 4.20 Å². The molecule has 4 aromatic rings. The summed E-state index contributed by atoms with van der Waals surface area (Å²) in [7, 11) is -21.4. The lowest BCUT2D eigenvalue weighted by atomic mass is 10.2. The van der Waals surface area contributed by atoms with Crippen molar-refractivity contribution in [3.05, 3.63) is 119 Å². The fourth-order valence-corrected chi connectivity index (χ4v) is 16.8. The van der Waals surface area contributed by atoms with Crippen molar-refractivity contribution in [2.45, 2.75) is 56.9 Å². The van der Waals surface area contributed by atoms with Crippen molar-refractivity contribution < 1.29 is 33.7 Å². The van der Waals surface area contributed by atoms with Gasteiger partial charge in [0, 0.05) is 39.3 Å². The van der Waals surface area contributed by atoms with Gasteiger partial charge in [0.1, 0.15) is 0 Å². The minimum Gasteiger partial charge on any atom is -0.314 e. The molecule has 1 aliphatic heterocycles. The van der Waals surface area contributed by atoms with Crippen molar-refractivity contribution in [1.82, 2.24) is 20.3 Å². The molecule has 0 spiro atoms. The third kappa shape index (κ3) is 7.35. The van der Waals surface area contributed by atoms with Crippen LogP contribution in [0.2, 0.25) is 0 Å². The van der Waals surface area contributed by atoms with Gasteiger partial charge in [-0.25, -0.2) is 33.7 Å². The third-order valence-electron chi connectivity index (χ3n) is 8.98. The maximum absolute atomic E-state index is 15.8. The molecule has 1 fully saturated rings. The van der Waals surface area contributed by atoms with Gasteiger partial charge in [-0.3, -0.25) is 5.32 Å². The van der Waals surface area contributed by atoms with E-state index in [0.717, 1.165) is 0 Å². The van der Waals surface area contributed by atoms with Crippen molar-refractivity contribution in [1.29, 1.82) is 0 Å². The highest BCUT2D eigenvalue weighted by molar-refractivity contribution is 8.12. The fraction of sp³-hybridized carbons (Fsp3) is 0.333. The average molecular weight is 789 g/mol. The van der Waals surface area contributed by atoms with E-state index in [9.17, 15) is 0 Å². The van der Waals surface area contributed by atoms with Gasteiger partial charge in [0.2, 0.25) is 29.7 Å². The molecule has 4 aromatic carbocycles. The first-order valence-corrected chi connectivity index (χ1v) is 22.6. The third-order valence-corrected chi connectivity index (χ3v) is 19.0. The topological polar surface area (TPSA) is 176 Å². The number of hydrogen-bond donors (Lipinski definition) is 3. The Hall–Kier alpha value is -3.48. The summed E-state index contributed by atoms with van der Waals surface area (Å²) in [6.07, 6.45) is 0. The summed E-state index contributed by atoms with van der Waals surface area (Å²) in [5.74, 6) is 0. The Kier molecular flexibility index (Phi) is 11.8. The Bertz CT molecular complexity index is 2150. The van der Waals surface area contributed by atoms with Crippen LogP contribution in [0.1, 0.15) is 22.3 Å². The van der Waals surface area contributed by atoms with Crippen LogP contribution in [-0.2, 0) is 39.5 Å². The molecule has 1 aliphatic rings. The van der Waals surface area contributed by atoms with E-state index in [4.69, 9.17) is 0 Å². The van der Waals surface area contributed by atoms with Crippen LogP contribution < -0.4 is 16.0 Å². The van der Waals surface area contributed by atoms with Gasteiger partial charge in [-0.2, -0.15) is 4.31 Å². The molecule has 1 heterocycles. The SMILES string of the molecule is Cc1ccc(S(=O)(=O)C2NCCNCCNCCN(S(=O)(=O)c3ccc(C)cc3)C2(S(=O)(=O)c2ccc(C)cc2)S(=O)(=O)c2ccc(C)cc2)cc1. The van der Waals surface area contributed by atoms with Crippen LogP contribution in [-0.4, -0.2) is 86.8 Å². The van der Waals surface area contributed by atoms with Crippen molar-refractivity contribution in [2.75, 3.05) is 39.3 Å². The van der Waals surface area contributed by atoms with Crippen LogP contribution in [0.15, 0.2) is 117 Å². The standard InChI is InChI=1S/C36H44N4O8S4/c1-27-5-13-31(14-6-27)49(41,42)35-36(50(43,44)32-15-7-28(2)8-16-32,51(45,46)33-17-9-29(3)10-18-33)40(26-25-38-22-21-37-23-24-39-35)52(47,48)34-19-11-30(4)12-20-34/h5-20,35,37-39H,21-26H2,1-4H3. The summed E-state index contributed by atoms with van der Waals surface area (Å²) in [5.41, 5.74) is 2.65. The van der Waals surface area contributed by atoms with E-state index in [1.54, 1.807) is 27.7 Å². The Morgan fingerprint density at radius 2 is 0.827 bits per heavy atom. The molecule has 0 amide bonds. The molecule has 1 unspecified atom stereocenters. The fourth-order valence-electron chi connectivity index (χ4n) is 6.08. The molecule has 0 bridgehead atoms. The minimum atomic E-state index is -5.57. The van der Waals surface area contributed by atoms with Crippen LogP contribution in [0.25, 0.3) is 0 Å².